The smallest absolute Gasteiger partial charge is 0.741 e. The van der Waals surface area contributed by atoms with E-state index in [9.17, 15) is 13.2 Å². The van der Waals surface area contributed by atoms with Crippen LogP contribution in [0.1, 0.15) is 16.7 Å². The van der Waals surface area contributed by atoms with E-state index in [1.807, 2.05) is 0 Å². The number of halogens is 3. The SMILES string of the molecule is C1=Pc2ccccc2C1(c1ccccc1)c1ccccc1.O=S(=O)([O-])C(F)(F)F.[Ru+].c1ccc(P(CCP(c2ccccc2)c2ccccc2)c2ccccc2)cc1.c1ccc(P(CCP(c2ccccc2)c2ccccc2)c2ccccc2)cc1. The van der Waals surface area contributed by atoms with E-state index < -0.39 is 15.6 Å². The molecule has 0 fully saturated rings. The number of hydrogen-bond acceptors (Lipinski definition) is 3. The molecule has 1 aliphatic heterocycles. The largest absolute Gasteiger partial charge is 1.00 e. The second-order valence-electron chi connectivity index (χ2n) is 19.5. The van der Waals surface area contributed by atoms with Crippen LogP contribution in [0.4, 0.5) is 13.2 Å². The Hall–Kier alpha value is -6.37. The normalized spacial score (nSPS) is 12.3. The van der Waals surface area contributed by atoms with Gasteiger partial charge in [0, 0.05) is 5.30 Å². The van der Waals surface area contributed by atoms with Crippen molar-refractivity contribution in [2.75, 3.05) is 24.6 Å². The minimum absolute atomic E-state index is 0. The zero-order valence-corrected chi connectivity index (χ0v) is 54.0. The third-order valence-corrected chi connectivity index (χ3v) is 26.6. The standard InChI is InChI=1S/2C26H24P2.C20H15P.CHF3O3S.Ru/c2*1-5-13-23(14-6-1)27(24-15-7-2-8-16-24)21-22-28(25-17-9-3-10-18-25)26-19-11-4-12-20-26;1-3-9-16(10-4-1)20(17-11-5-2-6-12-17)15-21-19-14-8-7-13-18(19)20;2-1(3,4)8(5,6)7;/h2*1-20H,21-22H2;1-15H;(H,5,6,7);/q;;;;+1/p-1. The molecule has 3 nitrogen and oxygen atoms in total. The second kappa shape index (κ2) is 33.1. The summed E-state index contributed by atoms with van der Waals surface area (Å²) in [4.78, 5) is 0. The number of hydrogen-bond donors (Lipinski definition) is 0. The van der Waals surface area contributed by atoms with Gasteiger partial charge in [0.25, 0.3) is 0 Å². The molecule has 0 amide bonds. The van der Waals surface area contributed by atoms with Crippen LogP contribution in [0.25, 0.3) is 0 Å². The summed E-state index contributed by atoms with van der Waals surface area (Å²) in [6.07, 6.45) is 4.83. The van der Waals surface area contributed by atoms with Crippen LogP contribution >= 0.6 is 39.9 Å². The first-order valence-electron chi connectivity index (χ1n) is 27.8. The van der Waals surface area contributed by atoms with Crippen LogP contribution in [0, 0.1) is 0 Å². The Morgan fingerprint density at radius 1 is 0.326 bits per heavy atom. The molecule has 0 spiro atoms. The Kier molecular flexibility index (Phi) is 25.3. The Morgan fingerprint density at radius 2 is 0.512 bits per heavy atom. The molecule has 11 aromatic carbocycles. The minimum Gasteiger partial charge on any atom is -0.741 e. The van der Waals surface area contributed by atoms with Crippen molar-refractivity contribution >= 4 is 104 Å². The first-order chi connectivity index (χ1) is 41.5. The third kappa shape index (κ3) is 17.9. The van der Waals surface area contributed by atoms with E-state index >= 15 is 0 Å². The molecule has 0 saturated carbocycles. The topological polar surface area (TPSA) is 57.2 Å². The van der Waals surface area contributed by atoms with E-state index in [-0.39, 0.29) is 56.6 Å². The summed E-state index contributed by atoms with van der Waals surface area (Å²) in [5.41, 5.74) is -1.68. The maximum Gasteiger partial charge on any atom is 1.00 e. The maximum atomic E-state index is 10.7. The van der Waals surface area contributed by atoms with E-state index in [2.05, 4.69) is 333 Å². The average molecular weight is 1330 g/mol. The molecular formula is C73H63F3O3P5RuS. The first-order valence-corrected chi connectivity index (χ1v) is 36.3. The van der Waals surface area contributed by atoms with E-state index in [4.69, 9.17) is 13.0 Å². The molecule has 0 N–H and O–H groups in total. The Morgan fingerprint density at radius 3 is 0.721 bits per heavy atom. The van der Waals surface area contributed by atoms with Crippen LogP contribution in [-0.2, 0) is 35.0 Å². The molecule has 0 unspecified atom stereocenters. The minimum atomic E-state index is -6.09. The van der Waals surface area contributed by atoms with E-state index in [0.29, 0.717) is 0 Å². The molecule has 13 heteroatoms. The predicted octanol–water partition coefficient (Wildman–Crippen LogP) is 15.0. The van der Waals surface area contributed by atoms with Crippen molar-refractivity contribution in [3.05, 3.63) is 344 Å². The predicted molar refractivity (Wildman–Crippen MR) is 363 cm³/mol. The number of fused-ring (bicyclic) bond motifs is 1. The zero-order valence-electron chi connectivity index (χ0n) is 46.9. The summed E-state index contributed by atoms with van der Waals surface area (Å²) in [6.45, 7) is 0. The Labute approximate surface area is 525 Å². The molecule has 1 aliphatic rings. The van der Waals surface area contributed by atoms with Gasteiger partial charge in [-0.1, -0.05) is 336 Å². The summed E-state index contributed by atoms with van der Waals surface area (Å²) < 4.78 is 58.9. The van der Waals surface area contributed by atoms with Gasteiger partial charge in [0.15, 0.2) is 10.1 Å². The van der Waals surface area contributed by atoms with Gasteiger partial charge < -0.3 is 4.55 Å². The average Bonchev–Trinajstić information content (AvgIpc) is 1.84. The van der Waals surface area contributed by atoms with Crippen LogP contribution in [0.15, 0.2) is 328 Å². The zero-order chi connectivity index (χ0) is 59.2. The second-order valence-corrected chi connectivity index (χ2v) is 31.2. The monoisotopic (exact) mass is 1330 g/mol. The summed E-state index contributed by atoms with van der Waals surface area (Å²) >= 11 is 0. The maximum absolute atomic E-state index is 10.7. The number of benzene rings is 11. The fourth-order valence-electron chi connectivity index (χ4n) is 10.1. The quantitative estimate of drug-likeness (QED) is 0.0419. The molecule has 12 rings (SSSR count). The molecule has 11 aromatic rings. The summed E-state index contributed by atoms with van der Waals surface area (Å²) in [5, 5.41) is 13.2. The molecule has 0 saturated heterocycles. The van der Waals surface area contributed by atoms with Crippen molar-refractivity contribution < 1.29 is 45.6 Å². The molecule has 0 aliphatic carbocycles. The fraction of sp³-hybridized carbons (Fsp3) is 0.0822. The van der Waals surface area contributed by atoms with Crippen LogP contribution in [0.3, 0.4) is 0 Å². The van der Waals surface area contributed by atoms with E-state index in [0.717, 1.165) is 0 Å². The van der Waals surface area contributed by atoms with Gasteiger partial charge in [0.2, 0.25) is 0 Å². The van der Waals surface area contributed by atoms with Gasteiger partial charge in [-0.25, -0.2) is 8.42 Å². The van der Waals surface area contributed by atoms with Crippen molar-refractivity contribution in [1.82, 2.24) is 0 Å². The summed E-state index contributed by atoms with van der Waals surface area (Å²) in [7, 11) is -6.18. The molecule has 433 valence electrons. The van der Waals surface area contributed by atoms with Crippen molar-refractivity contribution in [2.45, 2.75) is 10.9 Å². The van der Waals surface area contributed by atoms with Gasteiger partial charge in [0.1, 0.15) is 0 Å². The van der Waals surface area contributed by atoms with Crippen molar-refractivity contribution in [3.63, 3.8) is 0 Å². The molecule has 86 heavy (non-hydrogen) atoms. The molecule has 0 bridgehead atoms. The van der Waals surface area contributed by atoms with Crippen molar-refractivity contribution in [1.29, 1.82) is 0 Å². The van der Waals surface area contributed by atoms with Crippen LogP contribution in [-0.4, -0.2) is 48.9 Å². The Balaban J connectivity index is 0.000000158. The summed E-state index contributed by atoms with van der Waals surface area (Å²) in [5.74, 6) is 2.43. The third-order valence-electron chi connectivity index (χ3n) is 14.1. The van der Waals surface area contributed by atoms with Gasteiger partial charge in [0.05, 0.1) is 5.41 Å². The van der Waals surface area contributed by atoms with Gasteiger partial charge in [-0.3, -0.25) is 0 Å². The van der Waals surface area contributed by atoms with Crippen LogP contribution in [0.2, 0.25) is 0 Å². The van der Waals surface area contributed by atoms with E-state index in [1.54, 1.807) is 0 Å². The van der Waals surface area contributed by atoms with E-state index in [1.165, 1.54) is 97.3 Å². The number of alkyl halides is 3. The molecule has 0 atom stereocenters. The molecule has 0 aromatic heterocycles. The van der Waals surface area contributed by atoms with Gasteiger partial charge in [-0.15, -0.1) is 0 Å². The first kappa shape index (κ1) is 65.6. The van der Waals surface area contributed by atoms with Crippen molar-refractivity contribution in [3.8, 4) is 0 Å². The Bertz CT molecular complexity index is 3330. The van der Waals surface area contributed by atoms with Gasteiger partial charge >= 0.3 is 25.0 Å². The van der Waals surface area contributed by atoms with Crippen LogP contribution < -0.4 is 47.7 Å². The molecule has 1 radical (unpaired) electrons. The van der Waals surface area contributed by atoms with Crippen molar-refractivity contribution in [2.24, 2.45) is 0 Å². The summed E-state index contributed by atoms with van der Waals surface area (Å²) in [6, 6.07) is 119. The van der Waals surface area contributed by atoms with Gasteiger partial charge in [-0.05, 0) is 121 Å². The molecule has 1 heterocycles. The fourth-order valence-corrected chi connectivity index (χ4v) is 22.1. The number of rotatable bonds is 16. The van der Waals surface area contributed by atoms with Crippen LogP contribution in [0.5, 0.6) is 0 Å². The molecular weight excluding hydrogens is 1270 g/mol. The van der Waals surface area contributed by atoms with Gasteiger partial charge in [-0.2, -0.15) is 13.2 Å².